The van der Waals surface area contributed by atoms with Gasteiger partial charge >= 0.3 is 6.36 Å². The van der Waals surface area contributed by atoms with Crippen LogP contribution in [-0.4, -0.2) is 46.0 Å². The lowest BCUT2D eigenvalue weighted by molar-refractivity contribution is -0.274. The SMILES string of the molecule is C=CS(=O)N1CCN(Cc2ccc(OC(F)(F)F)cc2)CC1. The second kappa shape index (κ2) is 7.26. The summed E-state index contributed by atoms with van der Waals surface area (Å²) < 4.78 is 53.5. The molecule has 122 valence electrons. The summed E-state index contributed by atoms with van der Waals surface area (Å²) in [6, 6.07) is 5.86. The quantitative estimate of drug-likeness (QED) is 0.829. The minimum atomic E-state index is -4.67. The van der Waals surface area contributed by atoms with Gasteiger partial charge in [-0.05, 0) is 17.7 Å². The number of ether oxygens (including phenoxy) is 1. The number of alkyl halides is 3. The lowest BCUT2D eigenvalue weighted by Gasteiger charge is -2.33. The maximum Gasteiger partial charge on any atom is 0.573 e. The molecule has 0 aromatic heterocycles. The fraction of sp³-hybridized carbons (Fsp3) is 0.429. The third kappa shape index (κ3) is 5.11. The van der Waals surface area contributed by atoms with Crippen molar-refractivity contribution in [3.8, 4) is 5.75 Å². The van der Waals surface area contributed by atoms with Crippen molar-refractivity contribution in [2.45, 2.75) is 12.9 Å². The van der Waals surface area contributed by atoms with E-state index in [1.165, 1.54) is 17.5 Å². The highest BCUT2D eigenvalue weighted by molar-refractivity contribution is 7.85. The molecule has 0 aliphatic carbocycles. The zero-order valence-corrected chi connectivity index (χ0v) is 12.7. The monoisotopic (exact) mass is 334 g/mol. The Kier molecular flexibility index (Phi) is 5.60. The Labute approximate surface area is 129 Å². The lowest BCUT2D eigenvalue weighted by atomic mass is 10.2. The molecule has 22 heavy (non-hydrogen) atoms. The first-order valence-electron chi connectivity index (χ1n) is 6.72. The van der Waals surface area contributed by atoms with E-state index in [1.54, 1.807) is 12.1 Å². The van der Waals surface area contributed by atoms with E-state index >= 15 is 0 Å². The molecule has 0 N–H and O–H groups in total. The van der Waals surface area contributed by atoms with Gasteiger partial charge in [-0.1, -0.05) is 18.7 Å². The molecule has 1 heterocycles. The summed E-state index contributed by atoms with van der Waals surface area (Å²) in [5.74, 6) is -0.220. The van der Waals surface area contributed by atoms with E-state index in [1.807, 2.05) is 4.31 Å². The minimum Gasteiger partial charge on any atom is -0.406 e. The summed E-state index contributed by atoms with van der Waals surface area (Å²) in [7, 11) is -1.14. The van der Waals surface area contributed by atoms with Crippen LogP contribution >= 0.6 is 0 Å². The number of rotatable bonds is 5. The molecule has 1 aliphatic heterocycles. The fourth-order valence-corrected chi connectivity index (χ4v) is 2.96. The molecule has 0 radical (unpaired) electrons. The Hall–Kier alpha value is -1.38. The first-order chi connectivity index (χ1) is 10.4. The Morgan fingerprint density at radius 3 is 2.27 bits per heavy atom. The van der Waals surface area contributed by atoms with Gasteiger partial charge in [0.15, 0.2) is 0 Å². The molecule has 0 bridgehead atoms. The standard InChI is InChI=1S/C14H17F3N2O2S/c1-2-22(20)19-9-7-18(8-10-19)11-12-3-5-13(6-4-12)21-14(15,16)17/h2-6H,1,7-11H2. The minimum absolute atomic E-state index is 0.220. The normalized spacial score (nSPS) is 18.9. The van der Waals surface area contributed by atoms with Gasteiger partial charge in [0.2, 0.25) is 0 Å². The highest BCUT2D eigenvalue weighted by Gasteiger charge is 2.31. The van der Waals surface area contributed by atoms with Crippen molar-refractivity contribution >= 4 is 11.0 Å². The molecule has 1 unspecified atom stereocenters. The average molecular weight is 334 g/mol. The molecule has 0 saturated carbocycles. The van der Waals surface area contributed by atoms with Crippen LogP contribution in [-0.2, 0) is 17.5 Å². The fourth-order valence-electron chi connectivity index (χ4n) is 2.23. The van der Waals surface area contributed by atoms with E-state index in [9.17, 15) is 17.4 Å². The molecule has 1 aromatic rings. The van der Waals surface area contributed by atoms with Crippen LogP contribution in [0.2, 0.25) is 0 Å². The Morgan fingerprint density at radius 2 is 1.77 bits per heavy atom. The van der Waals surface area contributed by atoms with Gasteiger partial charge in [-0.2, -0.15) is 0 Å². The summed E-state index contributed by atoms with van der Waals surface area (Å²) in [6.07, 6.45) is -4.67. The predicted octanol–water partition coefficient (Wildman–Crippen LogP) is 2.51. The highest BCUT2D eigenvalue weighted by Crippen LogP contribution is 2.23. The van der Waals surface area contributed by atoms with Crippen LogP contribution in [0.3, 0.4) is 0 Å². The zero-order chi connectivity index (χ0) is 16.2. The third-order valence-corrected chi connectivity index (χ3v) is 4.45. The molecule has 4 nitrogen and oxygen atoms in total. The summed E-state index contributed by atoms with van der Waals surface area (Å²) in [6.45, 7) is 7.00. The number of nitrogens with zero attached hydrogens (tertiary/aromatic N) is 2. The zero-order valence-electron chi connectivity index (χ0n) is 11.9. The first-order valence-corrected chi connectivity index (χ1v) is 7.89. The van der Waals surface area contributed by atoms with E-state index in [2.05, 4.69) is 16.2 Å². The summed E-state index contributed by atoms with van der Waals surface area (Å²) >= 11 is 0. The van der Waals surface area contributed by atoms with Crippen molar-refractivity contribution in [2.24, 2.45) is 0 Å². The molecule has 1 atom stereocenters. The van der Waals surface area contributed by atoms with E-state index < -0.39 is 17.3 Å². The van der Waals surface area contributed by atoms with Crippen molar-refractivity contribution < 1.29 is 22.1 Å². The van der Waals surface area contributed by atoms with Gasteiger partial charge in [-0.3, -0.25) is 4.90 Å². The van der Waals surface area contributed by atoms with Crippen molar-refractivity contribution in [1.82, 2.24) is 9.21 Å². The molecule has 0 spiro atoms. The third-order valence-electron chi connectivity index (χ3n) is 3.29. The number of benzene rings is 1. The van der Waals surface area contributed by atoms with Crippen molar-refractivity contribution in [1.29, 1.82) is 0 Å². The van der Waals surface area contributed by atoms with E-state index in [-0.39, 0.29) is 5.75 Å². The Morgan fingerprint density at radius 1 is 1.18 bits per heavy atom. The molecule has 8 heteroatoms. The number of halogens is 3. The molecule has 2 rings (SSSR count). The molecule has 1 aliphatic rings. The van der Waals surface area contributed by atoms with Crippen molar-refractivity contribution in [3.05, 3.63) is 41.8 Å². The summed E-state index contributed by atoms with van der Waals surface area (Å²) in [5, 5.41) is 1.41. The molecule has 1 fully saturated rings. The number of hydrogen-bond acceptors (Lipinski definition) is 3. The second-order valence-corrected chi connectivity index (χ2v) is 6.24. The summed E-state index contributed by atoms with van der Waals surface area (Å²) in [5.41, 5.74) is 0.910. The van der Waals surface area contributed by atoms with Crippen LogP contribution < -0.4 is 4.74 Å². The lowest BCUT2D eigenvalue weighted by Crippen LogP contribution is -2.45. The Bertz CT molecular complexity index is 526. The van der Waals surface area contributed by atoms with Gasteiger partial charge in [-0.25, -0.2) is 8.51 Å². The highest BCUT2D eigenvalue weighted by atomic mass is 32.2. The topological polar surface area (TPSA) is 32.8 Å². The molecule has 0 amide bonds. The van der Waals surface area contributed by atoms with Gasteiger partial charge in [0, 0.05) is 38.1 Å². The Balaban J connectivity index is 1.85. The van der Waals surface area contributed by atoms with Gasteiger partial charge in [-0.15, -0.1) is 13.2 Å². The molecule has 1 aromatic carbocycles. The molecular weight excluding hydrogens is 317 g/mol. The van der Waals surface area contributed by atoms with E-state index in [0.717, 1.165) is 18.7 Å². The van der Waals surface area contributed by atoms with E-state index in [4.69, 9.17) is 0 Å². The maximum atomic E-state index is 12.1. The number of piperazine rings is 1. The predicted molar refractivity (Wildman–Crippen MR) is 78.3 cm³/mol. The van der Waals surface area contributed by atoms with Crippen LogP contribution in [0, 0.1) is 0 Å². The van der Waals surface area contributed by atoms with Crippen molar-refractivity contribution in [3.63, 3.8) is 0 Å². The maximum absolute atomic E-state index is 12.1. The molecule has 1 saturated heterocycles. The second-order valence-electron chi connectivity index (χ2n) is 4.84. The average Bonchev–Trinajstić information content (AvgIpc) is 2.48. The first kappa shape index (κ1) is 17.0. The van der Waals surface area contributed by atoms with Crippen molar-refractivity contribution in [2.75, 3.05) is 26.2 Å². The van der Waals surface area contributed by atoms with Crippen LogP contribution in [0.25, 0.3) is 0 Å². The largest absolute Gasteiger partial charge is 0.573 e. The van der Waals surface area contributed by atoms with Crippen LogP contribution in [0.1, 0.15) is 5.56 Å². The van der Waals surface area contributed by atoms with E-state index in [0.29, 0.717) is 19.6 Å². The summed E-state index contributed by atoms with van der Waals surface area (Å²) in [4.78, 5) is 2.16. The van der Waals surface area contributed by atoms with Crippen LogP contribution in [0.5, 0.6) is 5.75 Å². The molecular formula is C14H17F3N2O2S. The van der Waals surface area contributed by atoms with Gasteiger partial charge in [0.1, 0.15) is 16.7 Å². The van der Waals surface area contributed by atoms with Gasteiger partial charge < -0.3 is 4.74 Å². The van der Waals surface area contributed by atoms with Gasteiger partial charge in [0.05, 0.1) is 0 Å². The number of hydrogen-bond donors (Lipinski definition) is 0. The van der Waals surface area contributed by atoms with Gasteiger partial charge in [0.25, 0.3) is 0 Å². The van der Waals surface area contributed by atoms with Crippen LogP contribution in [0.15, 0.2) is 36.3 Å². The van der Waals surface area contributed by atoms with Crippen LogP contribution in [0.4, 0.5) is 13.2 Å². The smallest absolute Gasteiger partial charge is 0.406 e.